The molecule has 0 aliphatic heterocycles. The van der Waals surface area contributed by atoms with Crippen LogP contribution in [0.4, 0.5) is 0 Å². The van der Waals surface area contributed by atoms with E-state index in [1.807, 2.05) is 68.4 Å². The minimum Gasteiger partial charge on any atom is -0.457 e. The fraction of sp³-hybridized carbons (Fsp3) is 0.192. The molecule has 1 heterocycles. The molecule has 0 unspecified atom stereocenters. The van der Waals surface area contributed by atoms with Crippen LogP contribution in [-0.4, -0.2) is 5.91 Å². The van der Waals surface area contributed by atoms with Crippen molar-refractivity contribution in [1.82, 2.24) is 5.32 Å². The average Bonchev–Trinajstić information content (AvgIpc) is 3.06. The van der Waals surface area contributed by atoms with Crippen molar-refractivity contribution in [2.45, 2.75) is 34.2 Å². The maximum Gasteiger partial charge on any atom is 0.287 e. The third-order valence-electron chi connectivity index (χ3n) is 5.39. The molecule has 4 rings (SSSR count). The summed E-state index contributed by atoms with van der Waals surface area (Å²) in [4.78, 5) is 12.6. The van der Waals surface area contributed by atoms with Gasteiger partial charge in [0.05, 0.1) is 0 Å². The summed E-state index contributed by atoms with van der Waals surface area (Å²) in [6.07, 6.45) is 0. The van der Waals surface area contributed by atoms with E-state index in [2.05, 4.69) is 25.2 Å². The fourth-order valence-corrected chi connectivity index (χ4v) is 3.40. The van der Waals surface area contributed by atoms with E-state index in [-0.39, 0.29) is 5.91 Å². The van der Waals surface area contributed by atoms with E-state index >= 15 is 0 Å². The normalized spacial score (nSPS) is 10.9. The maximum absolute atomic E-state index is 12.6. The van der Waals surface area contributed by atoms with Gasteiger partial charge in [0.2, 0.25) is 0 Å². The number of furan rings is 1. The van der Waals surface area contributed by atoms with Crippen LogP contribution in [0, 0.1) is 27.7 Å². The zero-order valence-corrected chi connectivity index (χ0v) is 17.7. The van der Waals surface area contributed by atoms with Crippen molar-refractivity contribution >= 4 is 16.9 Å². The van der Waals surface area contributed by atoms with Gasteiger partial charge in [-0.1, -0.05) is 30.3 Å². The third-order valence-corrected chi connectivity index (χ3v) is 5.39. The summed E-state index contributed by atoms with van der Waals surface area (Å²) >= 11 is 0. The maximum atomic E-state index is 12.6. The van der Waals surface area contributed by atoms with Crippen molar-refractivity contribution in [3.8, 4) is 11.5 Å². The summed E-state index contributed by atoms with van der Waals surface area (Å²) in [5, 5.41) is 3.91. The number of fused-ring (bicyclic) bond motifs is 1. The second-order valence-electron chi connectivity index (χ2n) is 7.73. The van der Waals surface area contributed by atoms with Gasteiger partial charge in [0.15, 0.2) is 5.76 Å². The molecule has 0 aliphatic carbocycles. The second-order valence-corrected chi connectivity index (χ2v) is 7.73. The van der Waals surface area contributed by atoms with Gasteiger partial charge in [-0.25, -0.2) is 0 Å². The number of ether oxygens (including phenoxy) is 1. The molecule has 3 aromatic carbocycles. The Morgan fingerprint density at radius 1 is 0.867 bits per heavy atom. The SMILES string of the molecule is Cc1ccc2c(C)c(C(=O)NCc3ccc(Oc4ccc(C)c(C)c4)cc3)oc2c1. The summed E-state index contributed by atoms with van der Waals surface area (Å²) in [6.45, 7) is 8.48. The summed E-state index contributed by atoms with van der Waals surface area (Å²) in [5.74, 6) is 1.73. The lowest BCUT2D eigenvalue weighted by atomic mass is 10.1. The highest BCUT2D eigenvalue weighted by Gasteiger charge is 2.17. The van der Waals surface area contributed by atoms with Gasteiger partial charge in [-0.2, -0.15) is 0 Å². The highest BCUT2D eigenvalue weighted by Crippen LogP contribution is 2.26. The summed E-state index contributed by atoms with van der Waals surface area (Å²) < 4.78 is 11.7. The van der Waals surface area contributed by atoms with Crippen LogP contribution in [0.3, 0.4) is 0 Å². The van der Waals surface area contributed by atoms with Crippen LogP contribution in [0.5, 0.6) is 11.5 Å². The Labute approximate surface area is 176 Å². The van der Waals surface area contributed by atoms with Crippen LogP contribution >= 0.6 is 0 Å². The molecule has 0 saturated heterocycles. The number of aryl methyl sites for hydroxylation is 4. The third kappa shape index (κ3) is 4.08. The molecule has 1 amide bonds. The minimum absolute atomic E-state index is 0.211. The fourth-order valence-electron chi connectivity index (χ4n) is 3.40. The molecule has 0 aliphatic rings. The van der Waals surface area contributed by atoms with Gasteiger partial charge in [0, 0.05) is 17.5 Å². The number of rotatable bonds is 5. The van der Waals surface area contributed by atoms with Gasteiger partial charge in [-0.15, -0.1) is 0 Å². The Morgan fingerprint density at radius 3 is 2.33 bits per heavy atom. The van der Waals surface area contributed by atoms with Crippen LogP contribution in [-0.2, 0) is 6.54 Å². The van der Waals surface area contributed by atoms with Crippen molar-refractivity contribution in [1.29, 1.82) is 0 Å². The number of amides is 1. The Balaban J connectivity index is 1.41. The molecule has 0 spiro atoms. The Morgan fingerprint density at radius 2 is 1.60 bits per heavy atom. The molecule has 0 fully saturated rings. The van der Waals surface area contributed by atoms with Crippen molar-refractivity contribution in [2.75, 3.05) is 0 Å². The molecule has 0 bridgehead atoms. The first kappa shape index (κ1) is 19.8. The van der Waals surface area contributed by atoms with Gasteiger partial charge < -0.3 is 14.5 Å². The van der Waals surface area contributed by atoms with Crippen molar-refractivity contribution in [3.05, 3.63) is 94.2 Å². The van der Waals surface area contributed by atoms with Gasteiger partial charge in [-0.3, -0.25) is 4.79 Å². The van der Waals surface area contributed by atoms with Crippen LogP contribution < -0.4 is 10.1 Å². The second kappa shape index (κ2) is 8.07. The van der Waals surface area contributed by atoms with E-state index in [1.165, 1.54) is 11.1 Å². The highest BCUT2D eigenvalue weighted by atomic mass is 16.5. The number of carbonyl (C=O) groups excluding carboxylic acids is 1. The standard InChI is InChI=1S/C26H25NO3/c1-16-5-12-23-19(4)25(30-24(23)13-16)26(28)27-15-20-7-10-21(11-8-20)29-22-9-6-17(2)18(3)14-22/h5-14H,15H2,1-4H3,(H,27,28). The molecule has 4 heteroatoms. The number of benzene rings is 3. The van der Waals surface area contributed by atoms with Crippen molar-refractivity contribution in [3.63, 3.8) is 0 Å². The van der Waals surface area contributed by atoms with Crippen molar-refractivity contribution in [2.24, 2.45) is 0 Å². The first-order chi connectivity index (χ1) is 14.4. The van der Waals surface area contributed by atoms with E-state index in [9.17, 15) is 4.79 Å². The molecule has 0 atom stereocenters. The Hall–Kier alpha value is -3.53. The predicted octanol–water partition coefficient (Wildman–Crippen LogP) is 6.39. The summed E-state index contributed by atoms with van der Waals surface area (Å²) in [6, 6.07) is 19.7. The number of hydrogen-bond acceptors (Lipinski definition) is 3. The van der Waals surface area contributed by atoms with Crippen LogP contribution in [0.2, 0.25) is 0 Å². The van der Waals surface area contributed by atoms with E-state index < -0.39 is 0 Å². The smallest absolute Gasteiger partial charge is 0.287 e. The lowest BCUT2D eigenvalue weighted by molar-refractivity contribution is 0.0924. The van der Waals surface area contributed by atoms with E-state index in [0.29, 0.717) is 12.3 Å². The molecule has 0 saturated carbocycles. The first-order valence-corrected chi connectivity index (χ1v) is 10.0. The van der Waals surface area contributed by atoms with Crippen molar-refractivity contribution < 1.29 is 13.9 Å². The molecule has 4 aromatic rings. The molecule has 152 valence electrons. The van der Waals surface area contributed by atoms with E-state index in [4.69, 9.17) is 9.15 Å². The number of carbonyl (C=O) groups is 1. The number of nitrogens with one attached hydrogen (secondary N) is 1. The quantitative estimate of drug-likeness (QED) is 0.423. The molecule has 1 N–H and O–H groups in total. The molecule has 0 radical (unpaired) electrons. The van der Waals surface area contributed by atoms with Crippen LogP contribution in [0.1, 0.15) is 38.4 Å². The van der Waals surface area contributed by atoms with Gasteiger partial charge >= 0.3 is 0 Å². The van der Waals surface area contributed by atoms with Crippen LogP contribution in [0.15, 0.2) is 65.1 Å². The summed E-state index contributed by atoms with van der Waals surface area (Å²) in [7, 11) is 0. The first-order valence-electron chi connectivity index (χ1n) is 10.0. The predicted molar refractivity (Wildman–Crippen MR) is 119 cm³/mol. The van der Waals surface area contributed by atoms with E-state index in [0.717, 1.165) is 39.2 Å². The lowest BCUT2D eigenvalue weighted by Crippen LogP contribution is -2.22. The molecular formula is C26H25NO3. The Kier molecular flexibility index (Phi) is 5.32. The topological polar surface area (TPSA) is 51.5 Å². The minimum atomic E-state index is -0.211. The largest absolute Gasteiger partial charge is 0.457 e. The monoisotopic (exact) mass is 399 g/mol. The molecule has 4 nitrogen and oxygen atoms in total. The zero-order chi connectivity index (χ0) is 21.3. The zero-order valence-electron chi connectivity index (χ0n) is 17.7. The lowest BCUT2D eigenvalue weighted by Gasteiger charge is -2.09. The molecule has 30 heavy (non-hydrogen) atoms. The van der Waals surface area contributed by atoms with Crippen LogP contribution in [0.25, 0.3) is 11.0 Å². The Bertz CT molecular complexity index is 1220. The molecular weight excluding hydrogens is 374 g/mol. The van der Waals surface area contributed by atoms with E-state index in [1.54, 1.807) is 0 Å². The van der Waals surface area contributed by atoms with Gasteiger partial charge in [0.1, 0.15) is 17.1 Å². The number of hydrogen-bond donors (Lipinski definition) is 1. The highest BCUT2D eigenvalue weighted by molar-refractivity contribution is 5.99. The van der Waals surface area contributed by atoms with Gasteiger partial charge in [0.25, 0.3) is 5.91 Å². The summed E-state index contributed by atoms with van der Waals surface area (Å²) in [5.41, 5.74) is 6.13. The average molecular weight is 399 g/mol. The molecule has 1 aromatic heterocycles. The van der Waals surface area contributed by atoms with Gasteiger partial charge in [-0.05, 0) is 80.3 Å².